The van der Waals surface area contributed by atoms with Crippen LogP contribution in [0.5, 0.6) is 0 Å². The molecule has 2 N–H and O–H groups in total. The molecule has 1 aliphatic heterocycles. The van der Waals surface area contributed by atoms with E-state index >= 15 is 0 Å². The Labute approximate surface area is 114 Å². The number of H-pyrrole nitrogens is 1. The van der Waals surface area contributed by atoms with Gasteiger partial charge in [0.1, 0.15) is 0 Å². The fourth-order valence-corrected chi connectivity index (χ4v) is 4.07. The van der Waals surface area contributed by atoms with Crippen molar-refractivity contribution in [2.24, 2.45) is 11.8 Å². The van der Waals surface area contributed by atoms with Crippen LogP contribution in [0.15, 0.2) is 12.5 Å². The lowest BCUT2D eigenvalue weighted by molar-refractivity contribution is 0.220. The lowest BCUT2D eigenvalue weighted by Crippen LogP contribution is -2.48. The van der Waals surface area contributed by atoms with Gasteiger partial charge in [0.15, 0.2) is 0 Å². The van der Waals surface area contributed by atoms with Crippen LogP contribution < -0.4 is 4.72 Å². The molecule has 1 aromatic heterocycles. The van der Waals surface area contributed by atoms with Gasteiger partial charge in [-0.3, -0.25) is 0 Å². The average Bonchev–Trinajstić information content (AvgIpc) is 2.80. The molecule has 0 bridgehead atoms. The van der Waals surface area contributed by atoms with Gasteiger partial charge < -0.3 is 4.98 Å². The van der Waals surface area contributed by atoms with E-state index in [-0.39, 0.29) is 0 Å². The second kappa shape index (κ2) is 6.02. The van der Waals surface area contributed by atoms with Crippen LogP contribution in [0.3, 0.4) is 0 Å². The summed E-state index contributed by atoms with van der Waals surface area (Å²) >= 11 is 0. The van der Waals surface area contributed by atoms with Crippen LogP contribution in [0.4, 0.5) is 0 Å². The summed E-state index contributed by atoms with van der Waals surface area (Å²) in [6.07, 6.45) is 5.02. The number of hydrogen-bond acceptors (Lipinski definition) is 3. The molecule has 0 aromatic carbocycles. The number of rotatable bonds is 5. The molecule has 0 radical (unpaired) electrons. The third kappa shape index (κ3) is 4.02. The van der Waals surface area contributed by atoms with E-state index in [1.807, 2.05) is 0 Å². The SMILES string of the molecule is CC1CC(C)CN(S(=O)(=O)NCCc2cnc[nH]2)C1. The molecule has 19 heavy (non-hydrogen) atoms. The highest BCUT2D eigenvalue weighted by molar-refractivity contribution is 7.87. The minimum absolute atomic E-state index is 0.393. The Kier molecular flexibility index (Phi) is 4.59. The van der Waals surface area contributed by atoms with Crippen molar-refractivity contribution in [1.29, 1.82) is 0 Å². The maximum Gasteiger partial charge on any atom is 0.279 e. The Morgan fingerprint density at radius 3 is 2.68 bits per heavy atom. The maximum absolute atomic E-state index is 12.2. The van der Waals surface area contributed by atoms with Gasteiger partial charge in [0.25, 0.3) is 10.2 Å². The molecule has 1 saturated heterocycles. The number of aromatic nitrogens is 2. The van der Waals surface area contributed by atoms with Gasteiger partial charge in [-0.05, 0) is 18.3 Å². The predicted molar refractivity (Wildman–Crippen MR) is 73.7 cm³/mol. The fraction of sp³-hybridized carbons (Fsp3) is 0.750. The highest BCUT2D eigenvalue weighted by Crippen LogP contribution is 2.22. The van der Waals surface area contributed by atoms with E-state index in [1.165, 1.54) is 0 Å². The van der Waals surface area contributed by atoms with Gasteiger partial charge in [0.05, 0.1) is 6.33 Å². The third-order valence-corrected chi connectivity index (χ3v) is 4.96. The van der Waals surface area contributed by atoms with Crippen LogP contribution in [-0.4, -0.2) is 42.3 Å². The van der Waals surface area contributed by atoms with Crippen LogP contribution in [0, 0.1) is 11.8 Å². The molecule has 6 nitrogen and oxygen atoms in total. The topological polar surface area (TPSA) is 78.1 Å². The van der Waals surface area contributed by atoms with Crippen molar-refractivity contribution in [2.45, 2.75) is 26.7 Å². The fourth-order valence-electron chi connectivity index (χ4n) is 2.63. The zero-order chi connectivity index (χ0) is 13.9. The molecule has 2 heterocycles. The number of imidazole rings is 1. The zero-order valence-corrected chi connectivity index (χ0v) is 12.3. The lowest BCUT2D eigenvalue weighted by Gasteiger charge is -2.33. The van der Waals surface area contributed by atoms with Crippen molar-refractivity contribution in [3.8, 4) is 0 Å². The first-order chi connectivity index (χ1) is 8.97. The quantitative estimate of drug-likeness (QED) is 0.839. The summed E-state index contributed by atoms with van der Waals surface area (Å²) < 4.78 is 28.6. The van der Waals surface area contributed by atoms with Gasteiger partial charge in [-0.15, -0.1) is 0 Å². The van der Waals surface area contributed by atoms with Crippen molar-refractivity contribution in [1.82, 2.24) is 19.0 Å². The number of piperidine rings is 1. The van der Waals surface area contributed by atoms with Crippen LogP contribution in [0.1, 0.15) is 26.0 Å². The molecule has 2 rings (SSSR count). The first kappa shape index (κ1) is 14.5. The van der Waals surface area contributed by atoms with E-state index in [1.54, 1.807) is 16.8 Å². The molecule has 0 saturated carbocycles. The number of hydrogen-bond donors (Lipinski definition) is 2. The summed E-state index contributed by atoms with van der Waals surface area (Å²) in [7, 11) is -3.35. The largest absolute Gasteiger partial charge is 0.348 e. The van der Waals surface area contributed by atoms with E-state index in [9.17, 15) is 8.42 Å². The summed E-state index contributed by atoms with van der Waals surface area (Å²) in [4.78, 5) is 6.86. The summed E-state index contributed by atoms with van der Waals surface area (Å²) in [5.41, 5.74) is 0.933. The van der Waals surface area contributed by atoms with E-state index in [2.05, 4.69) is 28.5 Å². The number of nitrogens with one attached hydrogen (secondary N) is 2. The first-order valence-corrected chi connectivity index (χ1v) is 8.13. The standard InChI is InChI=1S/C12H22N4O2S/c1-10-5-11(2)8-16(7-10)19(17,18)15-4-3-12-6-13-9-14-12/h6,9-11,15H,3-5,7-8H2,1-2H3,(H,13,14). The van der Waals surface area contributed by atoms with Gasteiger partial charge in [-0.2, -0.15) is 12.7 Å². The van der Waals surface area contributed by atoms with Gasteiger partial charge in [-0.1, -0.05) is 13.8 Å². The van der Waals surface area contributed by atoms with Crippen molar-refractivity contribution in [2.75, 3.05) is 19.6 Å². The van der Waals surface area contributed by atoms with Crippen molar-refractivity contribution >= 4 is 10.2 Å². The molecule has 2 atom stereocenters. The minimum Gasteiger partial charge on any atom is -0.348 e. The Balaban J connectivity index is 1.87. The molecule has 0 aliphatic carbocycles. The summed E-state index contributed by atoms with van der Waals surface area (Å²) in [6.45, 7) is 5.82. The summed E-state index contributed by atoms with van der Waals surface area (Å²) in [5, 5.41) is 0. The Morgan fingerprint density at radius 1 is 1.42 bits per heavy atom. The molecule has 1 fully saturated rings. The Morgan fingerprint density at radius 2 is 2.11 bits per heavy atom. The van der Waals surface area contributed by atoms with Crippen LogP contribution in [0.25, 0.3) is 0 Å². The minimum atomic E-state index is -3.35. The van der Waals surface area contributed by atoms with Gasteiger partial charge in [0.2, 0.25) is 0 Å². The smallest absolute Gasteiger partial charge is 0.279 e. The highest BCUT2D eigenvalue weighted by Gasteiger charge is 2.29. The number of nitrogens with zero attached hydrogens (tertiary/aromatic N) is 2. The van der Waals surface area contributed by atoms with Crippen molar-refractivity contribution < 1.29 is 8.42 Å². The molecule has 0 amide bonds. The number of aromatic amines is 1. The molecule has 7 heteroatoms. The summed E-state index contributed by atoms with van der Waals surface area (Å²) in [6, 6.07) is 0. The summed E-state index contributed by atoms with van der Waals surface area (Å²) in [5.74, 6) is 0.848. The zero-order valence-electron chi connectivity index (χ0n) is 11.5. The van der Waals surface area contributed by atoms with Crippen LogP contribution >= 0.6 is 0 Å². The van der Waals surface area contributed by atoms with E-state index < -0.39 is 10.2 Å². The normalized spacial score (nSPS) is 25.6. The lowest BCUT2D eigenvalue weighted by atomic mass is 9.94. The third-order valence-electron chi connectivity index (χ3n) is 3.41. The Bertz CT molecular complexity index is 476. The molecule has 1 aliphatic rings. The molecule has 2 unspecified atom stereocenters. The van der Waals surface area contributed by atoms with E-state index in [0.717, 1.165) is 12.1 Å². The maximum atomic E-state index is 12.2. The molecular formula is C12H22N4O2S. The van der Waals surface area contributed by atoms with E-state index in [0.29, 0.717) is 37.9 Å². The molecular weight excluding hydrogens is 264 g/mol. The first-order valence-electron chi connectivity index (χ1n) is 6.69. The second-order valence-electron chi connectivity index (χ2n) is 5.49. The highest BCUT2D eigenvalue weighted by atomic mass is 32.2. The van der Waals surface area contributed by atoms with Gasteiger partial charge in [0, 0.05) is 37.9 Å². The Hall–Kier alpha value is -0.920. The van der Waals surface area contributed by atoms with Crippen LogP contribution in [-0.2, 0) is 16.6 Å². The second-order valence-corrected chi connectivity index (χ2v) is 7.24. The van der Waals surface area contributed by atoms with Crippen LogP contribution in [0.2, 0.25) is 0 Å². The van der Waals surface area contributed by atoms with E-state index in [4.69, 9.17) is 0 Å². The van der Waals surface area contributed by atoms with Gasteiger partial charge in [-0.25, -0.2) is 9.71 Å². The molecule has 0 spiro atoms. The van der Waals surface area contributed by atoms with Crippen molar-refractivity contribution in [3.63, 3.8) is 0 Å². The molecule has 1 aromatic rings. The monoisotopic (exact) mass is 286 g/mol. The average molecular weight is 286 g/mol. The van der Waals surface area contributed by atoms with Gasteiger partial charge >= 0.3 is 0 Å². The van der Waals surface area contributed by atoms with Crippen molar-refractivity contribution in [3.05, 3.63) is 18.2 Å². The molecule has 108 valence electrons. The predicted octanol–water partition coefficient (Wildman–Crippen LogP) is 0.764.